The molecule has 0 radical (unpaired) electrons. The predicted molar refractivity (Wildman–Crippen MR) is 110 cm³/mol. The molecule has 1 saturated heterocycles. The predicted octanol–water partition coefficient (Wildman–Crippen LogP) is 4.51. The van der Waals surface area contributed by atoms with Crippen LogP contribution < -0.4 is 5.32 Å². The van der Waals surface area contributed by atoms with Crippen molar-refractivity contribution in [2.75, 3.05) is 25.0 Å². The van der Waals surface area contributed by atoms with E-state index in [9.17, 15) is 14.0 Å². The first-order valence-corrected chi connectivity index (χ1v) is 10.1. The Morgan fingerprint density at radius 1 is 1.21 bits per heavy atom. The summed E-state index contributed by atoms with van der Waals surface area (Å²) in [5.41, 5.74) is 1.41. The first kappa shape index (κ1) is 21.3. The molecule has 2 aromatic rings. The Kier molecular flexibility index (Phi) is 7.23. The lowest BCUT2D eigenvalue weighted by Gasteiger charge is -2.31. The molecule has 0 saturated carbocycles. The van der Waals surface area contributed by atoms with Crippen LogP contribution in [0.4, 0.5) is 10.1 Å². The van der Waals surface area contributed by atoms with E-state index in [0.717, 1.165) is 13.1 Å². The molecule has 2 aromatic carbocycles. The number of ether oxygens (including phenoxy) is 1. The van der Waals surface area contributed by atoms with Crippen LogP contribution in [0.2, 0.25) is 5.02 Å². The van der Waals surface area contributed by atoms with Gasteiger partial charge in [-0.1, -0.05) is 29.8 Å². The molecule has 7 heteroatoms. The van der Waals surface area contributed by atoms with Crippen LogP contribution in [0.25, 0.3) is 0 Å². The highest BCUT2D eigenvalue weighted by molar-refractivity contribution is 6.33. The van der Waals surface area contributed by atoms with Crippen LogP contribution in [0.1, 0.15) is 35.7 Å². The van der Waals surface area contributed by atoms with Gasteiger partial charge in [-0.3, -0.25) is 9.69 Å². The van der Waals surface area contributed by atoms with E-state index < -0.39 is 5.97 Å². The molecule has 3 rings (SSSR count). The Bertz CT molecular complexity index is 882. The van der Waals surface area contributed by atoms with Gasteiger partial charge in [0, 0.05) is 23.7 Å². The number of carbonyl (C=O) groups excluding carboxylic acids is 2. The minimum absolute atomic E-state index is 0.0901. The number of nitrogens with zero attached hydrogens (tertiary/aromatic N) is 1. The summed E-state index contributed by atoms with van der Waals surface area (Å²) in [6.07, 6.45) is 1.39. The van der Waals surface area contributed by atoms with Crippen molar-refractivity contribution in [2.45, 2.75) is 26.3 Å². The van der Waals surface area contributed by atoms with Crippen molar-refractivity contribution < 1.29 is 18.7 Å². The van der Waals surface area contributed by atoms with E-state index in [-0.39, 0.29) is 34.8 Å². The van der Waals surface area contributed by atoms with Crippen LogP contribution in [0.5, 0.6) is 0 Å². The van der Waals surface area contributed by atoms with E-state index in [4.69, 9.17) is 16.3 Å². The minimum Gasteiger partial charge on any atom is -0.462 e. The quantitative estimate of drug-likeness (QED) is 0.701. The lowest BCUT2D eigenvalue weighted by Crippen LogP contribution is -2.37. The molecule has 0 aromatic heterocycles. The number of likely N-dealkylation sites (tertiary alicyclic amines) is 1. The fraction of sp³-hybridized carbons (Fsp3) is 0.364. The van der Waals surface area contributed by atoms with Crippen molar-refractivity contribution in [3.05, 3.63) is 64.4 Å². The van der Waals surface area contributed by atoms with Gasteiger partial charge >= 0.3 is 5.97 Å². The molecule has 1 heterocycles. The van der Waals surface area contributed by atoms with Gasteiger partial charge in [-0.15, -0.1) is 0 Å². The highest BCUT2D eigenvalue weighted by Gasteiger charge is 2.25. The van der Waals surface area contributed by atoms with Crippen molar-refractivity contribution in [1.29, 1.82) is 0 Å². The van der Waals surface area contributed by atoms with Crippen LogP contribution in [-0.4, -0.2) is 36.5 Å². The maximum Gasteiger partial charge on any atom is 0.339 e. The van der Waals surface area contributed by atoms with E-state index in [0.29, 0.717) is 30.6 Å². The van der Waals surface area contributed by atoms with Crippen molar-refractivity contribution in [3.63, 3.8) is 0 Å². The SMILES string of the molecule is CCOC(=O)c1cc(NC(=O)C2CCN(Cc3ccccc3F)CC2)ccc1Cl. The summed E-state index contributed by atoms with van der Waals surface area (Å²) in [6, 6.07) is 11.5. The van der Waals surface area contributed by atoms with Gasteiger partial charge < -0.3 is 10.1 Å². The van der Waals surface area contributed by atoms with Gasteiger partial charge in [-0.25, -0.2) is 9.18 Å². The molecule has 1 fully saturated rings. The summed E-state index contributed by atoms with van der Waals surface area (Å²) in [5, 5.41) is 3.15. The summed E-state index contributed by atoms with van der Waals surface area (Å²) in [4.78, 5) is 26.8. The van der Waals surface area contributed by atoms with Crippen LogP contribution in [0, 0.1) is 11.7 Å². The van der Waals surface area contributed by atoms with E-state index >= 15 is 0 Å². The number of anilines is 1. The number of piperidine rings is 1. The largest absolute Gasteiger partial charge is 0.462 e. The number of benzene rings is 2. The van der Waals surface area contributed by atoms with E-state index in [2.05, 4.69) is 10.2 Å². The van der Waals surface area contributed by atoms with Crippen LogP contribution in [0.15, 0.2) is 42.5 Å². The molecule has 154 valence electrons. The van der Waals surface area contributed by atoms with Gasteiger partial charge in [0.1, 0.15) is 5.82 Å². The summed E-state index contributed by atoms with van der Waals surface area (Å²) in [6.45, 7) is 3.95. The van der Waals surface area contributed by atoms with Crippen LogP contribution >= 0.6 is 11.6 Å². The van der Waals surface area contributed by atoms with E-state index in [1.54, 1.807) is 31.2 Å². The Labute approximate surface area is 174 Å². The second kappa shape index (κ2) is 9.85. The number of amides is 1. The Morgan fingerprint density at radius 3 is 2.62 bits per heavy atom. The summed E-state index contributed by atoms with van der Waals surface area (Å²) in [5.74, 6) is -0.941. The number of esters is 1. The van der Waals surface area contributed by atoms with Gasteiger partial charge in [0.15, 0.2) is 0 Å². The Hall–Kier alpha value is -2.44. The fourth-order valence-electron chi connectivity index (χ4n) is 3.43. The fourth-order valence-corrected chi connectivity index (χ4v) is 3.63. The topological polar surface area (TPSA) is 58.6 Å². The lowest BCUT2D eigenvalue weighted by atomic mass is 9.95. The molecule has 0 spiro atoms. The van der Waals surface area contributed by atoms with Crippen LogP contribution in [0.3, 0.4) is 0 Å². The first-order chi connectivity index (χ1) is 14.0. The van der Waals surface area contributed by atoms with E-state index in [1.807, 2.05) is 6.07 Å². The van der Waals surface area contributed by atoms with E-state index in [1.165, 1.54) is 12.1 Å². The maximum atomic E-state index is 13.8. The molecule has 1 amide bonds. The van der Waals surface area contributed by atoms with Crippen molar-refractivity contribution in [2.24, 2.45) is 5.92 Å². The minimum atomic E-state index is -0.518. The molecule has 0 bridgehead atoms. The zero-order valence-corrected chi connectivity index (χ0v) is 17.0. The number of hydrogen-bond acceptors (Lipinski definition) is 4. The summed E-state index contributed by atoms with van der Waals surface area (Å²) < 4.78 is 18.8. The zero-order valence-electron chi connectivity index (χ0n) is 16.3. The molecular weight excluding hydrogens is 395 g/mol. The van der Waals surface area contributed by atoms with Crippen molar-refractivity contribution >= 4 is 29.2 Å². The molecule has 0 unspecified atom stereocenters. The third-order valence-electron chi connectivity index (χ3n) is 5.04. The smallest absolute Gasteiger partial charge is 0.339 e. The number of hydrogen-bond donors (Lipinski definition) is 1. The molecule has 1 aliphatic heterocycles. The summed E-state index contributed by atoms with van der Waals surface area (Å²) >= 11 is 6.06. The molecule has 1 aliphatic rings. The maximum absolute atomic E-state index is 13.8. The second-order valence-electron chi connectivity index (χ2n) is 7.05. The van der Waals surface area contributed by atoms with Gasteiger partial charge in [0.05, 0.1) is 17.2 Å². The van der Waals surface area contributed by atoms with Gasteiger partial charge in [-0.2, -0.15) is 0 Å². The number of carbonyl (C=O) groups is 2. The van der Waals surface area contributed by atoms with Gasteiger partial charge in [0.2, 0.25) is 5.91 Å². The standard InChI is InChI=1S/C22H24ClFN2O3/c1-2-29-22(28)18-13-17(7-8-19(18)23)25-21(27)15-9-11-26(12-10-15)14-16-5-3-4-6-20(16)24/h3-8,13,15H,2,9-12,14H2,1H3,(H,25,27). The van der Waals surface area contributed by atoms with Crippen molar-refractivity contribution in [1.82, 2.24) is 4.90 Å². The first-order valence-electron chi connectivity index (χ1n) is 9.71. The molecule has 29 heavy (non-hydrogen) atoms. The van der Waals surface area contributed by atoms with Gasteiger partial charge in [-0.05, 0) is 57.1 Å². The number of halogens is 2. The molecule has 1 N–H and O–H groups in total. The third kappa shape index (κ3) is 5.55. The molecule has 5 nitrogen and oxygen atoms in total. The summed E-state index contributed by atoms with van der Waals surface area (Å²) in [7, 11) is 0. The van der Waals surface area contributed by atoms with Gasteiger partial charge in [0.25, 0.3) is 0 Å². The zero-order chi connectivity index (χ0) is 20.8. The lowest BCUT2D eigenvalue weighted by molar-refractivity contribution is -0.121. The second-order valence-corrected chi connectivity index (χ2v) is 7.45. The molecule has 0 aliphatic carbocycles. The van der Waals surface area contributed by atoms with Crippen molar-refractivity contribution in [3.8, 4) is 0 Å². The normalized spacial score (nSPS) is 15.1. The number of nitrogens with one attached hydrogen (secondary N) is 1. The number of rotatable bonds is 6. The molecular formula is C22H24ClFN2O3. The monoisotopic (exact) mass is 418 g/mol. The van der Waals surface area contributed by atoms with Crippen LogP contribution in [-0.2, 0) is 16.1 Å². The average molecular weight is 419 g/mol. The Morgan fingerprint density at radius 2 is 1.93 bits per heavy atom. The third-order valence-corrected chi connectivity index (χ3v) is 5.37. The average Bonchev–Trinajstić information content (AvgIpc) is 2.72. The highest BCUT2D eigenvalue weighted by atomic mass is 35.5. The molecule has 0 atom stereocenters. The highest BCUT2D eigenvalue weighted by Crippen LogP contribution is 2.24. The Balaban J connectivity index is 1.55.